The highest BCUT2D eigenvalue weighted by atomic mass is 35.5. The summed E-state index contributed by atoms with van der Waals surface area (Å²) in [4.78, 5) is 49.4. The average molecular weight is 372 g/mol. The number of rotatable bonds is 6. The highest BCUT2D eigenvalue weighted by Crippen LogP contribution is 2.25. The van der Waals surface area contributed by atoms with E-state index in [0.717, 1.165) is 11.3 Å². The van der Waals surface area contributed by atoms with Gasteiger partial charge in [0.15, 0.2) is 0 Å². The van der Waals surface area contributed by atoms with Crippen LogP contribution in [0.3, 0.4) is 0 Å². The zero-order valence-electron chi connectivity index (χ0n) is 12.8. The van der Waals surface area contributed by atoms with E-state index in [-0.39, 0.29) is 17.3 Å². The van der Waals surface area contributed by atoms with E-state index in [1.807, 2.05) is 6.92 Å². The lowest BCUT2D eigenvalue weighted by Gasteiger charge is -2.15. The van der Waals surface area contributed by atoms with Gasteiger partial charge in [-0.3, -0.25) is 19.3 Å². The Morgan fingerprint density at radius 1 is 1.12 bits per heavy atom. The number of anilines is 1. The standard InChI is InChI=1S/C15H15Cl2N3O4/c1-2-3-6-19-13(22)14(23)20(15(19)24)8-12(21)18-11-7-9(16)4-5-10(11)17/h4-5,7H,2-3,6,8H2,1H3,(H,18,21). The summed E-state index contributed by atoms with van der Waals surface area (Å²) in [6, 6.07) is 3.71. The van der Waals surface area contributed by atoms with Crippen molar-refractivity contribution in [1.29, 1.82) is 0 Å². The molecule has 1 heterocycles. The lowest BCUT2D eigenvalue weighted by Crippen LogP contribution is -2.39. The molecule has 0 bridgehead atoms. The Morgan fingerprint density at radius 2 is 1.79 bits per heavy atom. The number of halogens is 2. The Bertz CT molecular complexity index is 708. The maximum Gasteiger partial charge on any atom is 0.334 e. The van der Waals surface area contributed by atoms with Gasteiger partial charge in [-0.25, -0.2) is 9.69 Å². The van der Waals surface area contributed by atoms with E-state index in [1.165, 1.54) is 12.1 Å². The van der Waals surface area contributed by atoms with Crippen LogP contribution in [0.4, 0.5) is 10.5 Å². The minimum absolute atomic E-state index is 0.151. The van der Waals surface area contributed by atoms with E-state index in [9.17, 15) is 19.2 Å². The third kappa shape index (κ3) is 3.85. The molecule has 1 aliphatic heterocycles. The van der Waals surface area contributed by atoms with Crippen LogP contribution in [0.25, 0.3) is 0 Å². The fourth-order valence-corrected chi connectivity index (χ4v) is 2.47. The number of carbonyl (C=O) groups excluding carboxylic acids is 4. The van der Waals surface area contributed by atoms with Crippen molar-refractivity contribution < 1.29 is 19.2 Å². The van der Waals surface area contributed by atoms with Gasteiger partial charge in [-0.2, -0.15) is 0 Å². The highest BCUT2D eigenvalue weighted by Gasteiger charge is 2.44. The van der Waals surface area contributed by atoms with Crippen LogP contribution >= 0.6 is 23.2 Å². The van der Waals surface area contributed by atoms with E-state index < -0.39 is 30.3 Å². The molecule has 1 fully saturated rings. The molecule has 9 heteroatoms. The molecule has 0 aliphatic carbocycles. The molecular weight excluding hydrogens is 357 g/mol. The van der Waals surface area contributed by atoms with Crippen LogP contribution in [0.1, 0.15) is 19.8 Å². The molecule has 7 nitrogen and oxygen atoms in total. The molecule has 1 aliphatic rings. The fraction of sp³-hybridized carbons (Fsp3) is 0.333. The third-order valence-corrected chi connectivity index (χ3v) is 3.94. The minimum atomic E-state index is -1.01. The Labute approximate surface area is 148 Å². The lowest BCUT2D eigenvalue weighted by atomic mass is 10.3. The SMILES string of the molecule is CCCCN1C(=O)C(=O)N(CC(=O)Nc2cc(Cl)ccc2Cl)C1=O. The Hall–Kier alpha value is -2.12. The molecule has 1 saturated heterocycles. The van der Waals surface area contributed by atoms with Gasteiger partial charge in [-0.15, -0.1) is 0 Å². The summed E-state index contributed by atoms with van der Waals surface area (Å²) in [5.74, 6) is -2.59. The van der Waals surface area contributed by atoms with E-state index in [2.05, 4.69) is 5.32 Å². The van der Waals surface area contributed by atoms with Gasteiger partial charge < -0.3 is 5.32 Å². The molecular formula is C15H15Cl2N3O4. The summed E-state index contributed by atoms with van der Waals surface area (Å²) < 4.78 is 0. The van der Waals surface area contributed by atoms with Crippen molar-refractivity contribution in [3.8, 4) is 0 Å². The zero-order valence-corrected chi connectivity index (χ0v) is 14.4. The van der Waals surface area contributed by atoms with Gasteiger partial charge in [-0.05, 0) is 24.6 Å². The molecule has 0 saturated carbocycles. The van der Waals surface area contributed by atoms with Crippen molar-refractivity contribution in [2.45, 2.75) is 19.8 Å². The number of nitrogens with zero attached hydrogens (tertiary/aromatic N) is 2. The molecule has 24 heavy (non-hydrogen) atoms. The van der Waals surface area contributed by atoms with Gasteiger partial charge in [0.2, 0.25) is 5.91 Å². The second-order valence-corrected chi connectivity index (χ2v) is 6.00. The van der Waals surface area contributed by atoms with Gasteiger partial charge in [0.25, 0.3) is 0 Å². The van der Waals surface area contributed by atoms with Crippen LogP contribution in [0.15, 0.2) is 18.2 Å². The Balaban J connectivity index is 2.05. The third-order valence-electron chi connectivity index (χ3n) is 3.37. The van der Waals surface area contributed by atoms with Crippen LogP contribution in [-0.2, 0) is 14.4 Å². The summed E-state index contributed by atoms with van der Waals surface area (Å²) in [6.07, 6.45) is 1.35. The highest BCUT2D eigenvalue weighted by molar-refractivity contribution is 6.45. The first-order valence-electron chi connectivity index (χ1n) is 7.27. The average Bonchev–Trinajstić information content (AvgIpc) is 2.73. The molecule has 0 unspecified atom stereocenters. The van der Waals surface area contributed by atoms with E-state index >= 15 is 0 Å². The number of urea groups is 1. The van der Waals surface area contributed by atoms with Crippen molar-refractivity contribution in [3.63, 3.8) is 0 Å². The predicted molar refractivity (Wildman–Crippen MR) is 88.8 cm³/mol. The van der Waals surface area contributed by atoms with Crippen molar-refractivity contribution in [2.24, 2.45) is 0 Å². The molecule has 0 radical (unpaired) electrons. The Kier molecular flexibility index (Phi) is 5.80. The van der Waals surface area contributed by atoms with E-state index in [4.69, 9.17) is 23.2 Å². The number of carbonyl (C=O) groups is 4. The van der Waals surface area contributed by atoms with Gasteiger partial charge in [0.1, 0.15) is 6.54 Å². The zero-order chi connectivity index (χ0) is 17.9. The van der Waals surface area contributed by atoms with Crippen molar-refractivity contribution in [2.75, 3.05) is 18.4 Å². The van der Waals surface area contributed by atoms with Crippen LogP contribution in [0, 0.1) is 0 Å². The largest absolute Gasteiger partial charge is 0.334 e. The quantitative estimate of drug-likeness (QED) is 0.614. The summed E-state index contributed by atoms with van der Waals surface area (Å²) in [5, 5.41) is 3.08. The first-order chi connectivity index (χ1) is 11.3. The van der Waals surface area contributed by atoms with Gasteiger partial charge in [-0.1, -0.05) is 36.5 Å². The molecule has 1 aromatic rings. The second-order valence-electron chi connectivity index (χ2n) is 5.16. The van der Waals surface area contributed by atoms with Gasteiger partial charge in [0, 0.05) is 11.6 Å². The van der Waals surface area contributed by atoms with Crippen molar-refractivity contribution >= 4 is 52.6 Å². The predicted octanol–water partition coefficient (Wildman–Crippen LogP) is 2.52. The number of hydrogen-bond acceptors (Lipinski definition) is 4. The summed E-state index contributed by atoms with van der Waals surface area (Å²) >= 11 is 11.8. The normalized spacial score (nSPS) is 14.5. The maximum atomic E-state index is 12.1. The number of imide groups is 2. The monoisotopic (exact) mass is 371 g/mol. The molecule has 0 aromatic heterocycles. The Morgan fingerprint density at radius 3 is 2.46 bits per heavy atom. The second kappa shape index (κ2) is 7.63. The summed E-state index contributed by atoms with van der Waals surface area (Å²) in [5.41, 5.74) is 0.252. The van der Waals surface area contributed by atoms with E-state index in [1.54, 1.807) is 6.07 Å². The van der Waals surface area contributed by atoms with Gasteiger partial charge >= 0.3 is 17.8 Å². The van der Waals surface area contributed by atoms with Crippen LogP contribution in [0.5, 0.6) is 0 Å². The lowest BCUT2D eigenvalue weighted by molar-refractivity contribution is -0.143. The molecule has 1 N–H and O–H groups in total. The van der Waals surface area contributed by atoms with Crippen LogP contribution < -0.4 is 5.32 Å². The molecule has 0 atom stereocenters. The molecule has 0 spiro atoms. The first-order valence-corrected chi connectivity index (χ1v) is 8.03. The molecule has 128 valence electrons. The van der Waals surface area contributed by atoms with Crippen LogP contribution in [-0.4, -0.2) is 46.6 Å². The van der Waals surface area contributed by atoms with Crippen LogP contribution in [0.2, 0.25) is 10.0 Å². The van der Waals surface area contributed by atoms with E-state index in [0.29, 0.717) is 16.3 Å². The van der Waals surface area contributed by atoms with Gasteiger partial charge in [0.05, 0.1) is 10.7 Å². The molecule has 2 rings (SSSR count). The van der Waals surface area contributed by atoms with Crippen molar-refractivity contribution in [1.82, 2.24) is 9.80 Å². The number of unbranched alkanes of at least 4 members (excludes halogenated alkanes) is 1. The molecule has 1 aromatic carbocycles. The smallest absolute Gasteiger partial charge is 0.323 e. The number of benzene rings is 1. The topological polar surface area (TPSA) is 86.8 Å². The first kappa shape index (κ1) is 18.2. The molecule has 5 amide bonds. The summed E-state index contributed by atoms with van der Waals surface area (Å²) in [7, 11) is 0. The fourth-order valence-electron chi connectivity index (χ4n) is 2.13. The minimum Gasteiger partial charge on any atom is -0.323 e. The number of amides is 5. The number of nitrogens with one attached hydrogen (secondary N) is 1. The summed E-state index contributed by atoms with van der Waals surface area (Å²) in [6.45, 7) is 1.47. The number of hydrogen-bond donors (Lipinski definition) is 1. The maximum absolute atomic E-state index is 12.1. The van der Waals surface area contributed by atoms with Crippen molar-refractivity contribution in [3.05, 3.63) is 28.2 Å².